The smallest absolute Gasteiger partial charge is 0.417 e. The number of rotatable bonds is 5. The van der Waals surface area contributed by atoms with Crippen molar-refractivity contribution in [2.45, 2.75) is 77.0 Å². The average Bonchev–Trinajstić information content (AvgIpc) is 3.29. The summed E-state index contributed by atoms with van der Waals surface area (Å²) in [4.78, 5) is 13.8. The van der Waals surface area contributed by atoms with Crippen molar-refractivity contribution in [3.8, 4) is 6.01 Å². The third kappa shape index (κ3) is 5.51. The number of aryl methyl sites for hydroxylation is 1. The van der Waals surface area contributed by atoms with Crippen LogP contribution in [-0.4, -0.2) is 66.3 Å². The van der Waals surface area contributed by atoms with Crippen molar-refractivity contribution < 1.29 is 27.0 Å². The first-order chi connectivity index (χ1) is 18.4. The SMILES string of the molecule is Cc1cc(N)c(F)c(C2Cc3nc(OC[C@@H]4CCCN4C)nc(N4C[C@H](C)NC[C@H]4C)c3CO2)c1C(F)(F)F. The zero-order valence-corrected chi connectivity index (χ0v) is 22.7. The molecule has 0 radical (unpaired) electrons. The summed E-state index contributed by atoms with van der Waals surface area (Å²) in [6.45, 7) is 8.20. The molecular formula is C27H36F4N6O2. The van der Waals surface area contributed by atoms with Crippen LogP contribution in [0.15, 0.2) is 6.07 Å². The fraction of sp³-hybridized carbons (Fsp3) is 0.630. The van der Waals surface area contributed by atoms with Crippen LogP contribution < -0.4 is 20.7 Å². The molecule has 4 atom stereocenters. The molecule has 1 unspecified atom stereocenters. The predicted molar refractivity (Wildman–Crippen MR) is 139 cm³/mol. The molecule has 0 saturated carbocycles. The normalized spacial score (nSPS) is 26.1. The maximum absolute atomic E-state index is 15.2. The summed E-state index contributed by atoms with van der Waals surface area (Å²) in [6, 6.07) is 1.73. The summed E-state index contributed by atoms with van der Waals surface area (Å²) >= 11 is 0. The molecule has 3 N–H and O–H groups in total. The number of fused-ring (bicyclic) bond motifs is 1. The van der Waals surface area contributed by atoms with Gasteiger partial charge in [0.15, 0.2) is 5.82 Å². The van der Waals surface area contributed by atoms with Gasteiger partial charge in [0.25, 0.3) is 0 Å². The van der Waals surface area contributed by atoms with Gasteiger partial charge in [-0.25, -0.2) is 4.39 Å². The molecule has 214 valence electrons. The Morgan fingerprint density at radius 2 is 2.03 bits per heavy atom. The van der Waals surface area contributed by atoms with Gasteiger partial charge >= 0.3 is 12.2 Å². The van der Waals surface area contributed by atoms with Crippen LogP contribution in [0.3, 0.4) is 0 Å². The molecule has 3 aliphatic rings. The predicted octanol–water partition coefficient (Wildman–Crippen LogP) is 4.00. The molecule has 8 nitrogen and oxygen atoms in total. The van der Waals surface area contributed by atoms with Gasteiger partial charge in [0.1, 0.15) is 12.4 Å². The molecule has 4 heterocycles. The number of halogens is 4. The summed E-state index contributed by atoms with van der Waals surface area (Å²) in [5, 5.41) is 3.45. The van der Waals surface area contributed by atoms with E-state index in [-0.39, 0.29) is 48.4 Å². The van der Waals surface area contributed by atoms with Crippen LogP contribution in [0.25, 0.3) is 0 Å². The summed E-state index contributed by atoms with van der Waals surface area (Å²) in [5.41, 5.74) is 4.82. The Labute approximate surface area is 225 Å². The zero-order valence-electron chi connectivity index (χ0n) is 22.7. The van der Waals surface area contributed by atoms with E-state index in [0.717, 1.165) is 32.0 Å². The molecular weight excluding hydrogens is 516 g/mol. The number of aromatic nitrogens is 2. The Morgan fingerprint density at radius 1 is 1.26 bits per heavy atom. The molecule has 2 saturated heterocycles. The summed E-state index contributed by atoms with van der Waals surface area (Å²) in [5.74, 6) is -0.463. The molecule has 39 heavy (non-hydrogen) atoms. The van der Waals surface area contributed by atoms with E-state index in [1.165, 1.54) is 6.92 Å². The minimum Gasteiger partial charge on any atom is -0.462 e. The zero-order chi connectivity index (χ0) is 28.1. The lowest BCUT2D eigenvalue weighted by atomic mass is 9.91. The van der Waals surface area contributed by atoms with Crippen LogP contribution in [0.5, 0.6) is 6.01 Å². The minimum atomic E-state index is -4.78. The molecule has 0 aliphatic carbocycles. The Kier molecular flexibility index (Phi) is 7.64. The number of hydrogen-bond donors (Lipinski definition) is 2. The van der Waals surface area contributed by atoms with E-state index in [1.54, 1.807) is 0 Å². The number of nitrogens with zero attached hydrogens (tertiary/aromatic N) is 4. The average molecular weight is 553 g/mol. The maximum Gasteiger partial charge on any atom is 0.417 e. The Hall–Kier alpha value is -2.70. The van der Waals surface area contributed by atoms with Crippen molar-refractivity contribution >= 4 is 11.5 Å². The number of anilines is 2. The third-order valence-electron chi connectivity index (χ3n) is 8.10. The van der Waals surface area contributed by atoms with Gasteiger partial charge < -0.3 is 30.3 Å². The van der Waals surface area contributed by atoms with Crippen molar-refractivity contribution in [1.29, 1.82) is 0 Å². The second kappa shape index (κ2) is 10.7. The van der Waals surface area contributed by atoms with E-state index in [9.17, 15) is 13.2 Å². The molecule has 0 spiro atoms. The molecule has 0 amide bonds. The second-order valence-corrected chi connectivity index (χ2v) is 11.0. The Morgan fingerprint density at radius 3 is 2.72 bits per heavy atom. The Bertz CT molecular complexity index is 1230. The van der Waals surface area contributed by atoms with Gasteiger partial charge in [0.2, 0.25) is 0 Å². The number of piperazine rings is 1. The highest BCUT2D eigenvalue weighted by Gasteiger charge is 2.42. The number of likely N-dealkylation sites (N-methyl/N-ethyl adjacent to an activating group) is 1. The number of benzene rings is 1. The first-order valence-electron chi connectivity index (χ1n) is 13.4. The quantitative estimate of drug-likeness (QED) is 0.425. The summed E-state index contributed by atoms with van der Waals surface area (Å²) < 4.78 is 69.5. The standard InChI is InChI=1S/C27H36F4N6O2/c1-14-8-19(32)24(28)22(23(14)27(29,30)31)21-9-20-18(13-38-21)25(37-11-15(2)33-10-16(37)3)35-26(34-20)39-12-17-6-5-7-36(17)4/h8,15-17,21,33H,5-7,9-13,32H2,1-4H3/t15-,16+,17-,21?/m0/s1. The Balaban J connectivity index is 1.54. The number of nitrogen functional groups attached to an aromatic ring is 1. The number of nitrogens with two attached hydrogens (primary N) is 1. The number of nitrogens with one attached hydrogen (secondary N) is 1. The van der Waals surface area contributed by atoms with E-state index < -0.39 is 29.2 Å². The summed E-state index contributed by atoms with van der Waals surface area (Å²) in [6.07, 6.45) is -3.97. The monoisotopic (exact) mass is 552 g/mol. The van der Waals surface area contributed by atoms with E-state index in [1.807, 2.05) is 7.05 Å². The first-order valence-corrected chi connectivity index (χ1v) is 13.4. The topological polar surface area (TPSA) is 88.8 Å². The number of alkyl halides is 3. The minimum absolute atomic E-state index is 0.0589. The van der Waals surface area contributed by atoms with Crippen LogP contribution >= 0.6 is 0 Å². The van der Waals surface area contributed by atoms with Gasteiger partial charge in [-0.3, -0.25) is 0 Å². The maximum atomic E-state index is 15.2. The van der Waals surface area contributed by atoms with Crippen molar-refractivity contribution in [2.75, 3.05) is 43.9 Å². The number of ether oxygens (including phenoxy) is 2. The van der Waals surface area contributed by atoms with Gasteiger partial charge in [-0.05, 0) is 58.8 Å². The van der Waals surface area contributed by atoms with Crippen molar-refractivity contribution in [1.82, 2.24) is 20.2 Å². The van der Waals surface area contributed by atoms with Crippen molar-refractivity contribution in [3.63, 3.8) is 0 Å². The van der Waals surface area contributed by atoms with Crippen LogP contribution in [0, 0.1) is 12.7 Å². The highest BCUT2D eigenvalue weighted by Crippen LogP contribution is 2.44. The van der Waals surface area contributed by atoms with Gasteiger partial charge in [0, 0.05) is 48.8 Å². The molecule has 3 aliphatic heterocycles. The lowest BCUT2D eigenvalue weighted by Crippen LogP contribution is -2.55. The van der Waals surface area contributed by atoms with Crippen LogP contribution in [0.2, 0.25) is 0 Å². The largest absolute Gasteiger partial charge is 0.462 e. The first kappa shape index (κ1) is 27.9. The van der Waals surface area contributed by atoms with Crippen LogP contribution in [0.4, 0.5) is 29.1 Å². The third-order valence-corrected chi connectivity index (χ3v) is 8.10. The highest BCUT2D eigenvalue weighted by molar-refractivity contribution is 5.55. The van der Waals surface area contributed by atoms with E-state index in [2.05, 4.69) is 33.9 Å². The van der Waals surface area contributed by atoms with E-state index in [4.69, 9.17) is 20.2 Å². The van der Waals surface area contributed by atoms with Gasteiger partial charge in [-0.2, -0.15) is 23.1 Å². The van der Waals surface area contributed by atoms with Crippen molar-refractivity contribution in [2.24, 2.45) is 0 Å². The lowest BCUT2D eigenvalue weighted by Gasteiger charge is -2.40. The van der Waals surface area contributed by atoms with Gasteiger partial charge in [-0.1, -0.05) is 0 Å². The molecule has 12 heteroatoms. The second-order valence-electron chi connectivity index (χ2n) is 11.0. The molecule has 2 aromatic rings. The number of hydrogen-bond acceptors (Lipinski definition) is 8. The van der Waals surface area contributed by atoms with E-state index >= 15 is 4.39 Å². The van der Waals surface area contributed by atoms with Crippen LogP contribution in [0.1, 0.15) is 60.7 Å². The van der Waals surface area contributed by atoms with E-state index in [0.29, 0.717) is 30.2 Å². The molecule has 5 rings (SSSR count). The highest BCUT2D eigenvalue weighted by atomic mass is 19.4. The molecule has 0 bridgehead atoms. The van der Waals surface area contributed by atoms with Crippen LogP contribution in [-0.2, 0) is 23.9 Å². The van der Waals surface area contributed by atoms with Crippen molar-refractivity contribution in [3.05, 3.63) is 39.8 Å². The molecule has 1 aromatic carbocycles. The molecule has 1 aromatic heterocycles. The fourth-order valence-corrected chi connectivity index (χ4v) is 5.92. The number of likely N-dealkylation sites (tertiary alicyclic amines) is 1. The molecule has 2 fully saturated rings. The fourth-order valence-electron chi connectivity index (χ4n) is 5.92. The van der Waals surface area contributed by atoms with Gasteiger partial charge in [0.05, 0.1) is 29.7 Å². The lowest BCUT2D eigenvalue weighted by molar-refractivity contribution is -0.140. The summed E-state index contributed by atoms with van der Waals surface area (Å²) in [7, 11) is 2.05. The van der Waals surface area contributed by atoms with Gasteiger partial charge in [-0.15, -0.1) is 0 Å².